The molecular weight excluding hydrogens is 320 g/mol. The Balaban J connectivity index is 2.81. The Kier molecular flexibility index (Phi) is 6.96. The summed E-state index contributed by atoms with van der Waals surface area (Å²) in [6.45, 7) is 3.98. The number of carbonyl (C=O) groups excluding carboxylic acids is 1. The standard InChI is InChI=1S/C15H17BrN2O2/c1-3-14(11-5-7-13(16)8-6-11)18-10-12(9-17)15(19)20-4-2/h5-8,10,12,14H,3-4H2,1-2H3/t12?,14-/m1/s1. The van der Waals surface area contributed by atoms with E-state index in [9.17, 15) is 4.79 Å². The lowest BCUT2D eigenvalue weighted by Gasteiger charge is -2.11. The van der Waals surface area contributed by atoms with Crippen LogP contribution in [0.1, 0.15) is 31.9 Å². The summed E-state index contributed by atoms with van der Waals surface area (Å²) in [6.07, 6.45) is 2.17. The molecule has 106 valence electrons. The topological polar surface area (TPSA) is 62.5 Å². The maximum Gasteiger partial charge on any atom is 0.328 e. The molecule has 0 saturated carbocycles. The van der Waals surface area contributed by atoms with E-state index in [1.165, 1.54) is 6.21 Å². The molecule has 0 amide bonds. The lowest BCUT2D eigenvalue weighted by Crippen LogP contribution is -2.17. The molecule has 0 heterocycles. The van der Waals surface area contributed by atoms with Gasteiger partial charge in [0.1, 0.15) is 0 Å². The van der Waals surface area contributed by atoms with Gasteiger partial charge in [0.15, 0.2) is 5.92 Å². The molecular formula is C15H17BrN2O2. The van der Waals surface area contributed by atoms with Gasteiger partial charge in [-0.1, -0.05) is 35.0 Å². The van der Waals surface area contributed by atoms with Gasteiger partial charge in [0, 0.05) is 10.7 Å². The van der Waals surface area contributed by atoms with Crippen molar-refractivity contribution in [2.45, 2.75) is 26.3 Å². The highest BCUT2D eigenvalue weighted by Crippen LogP contribution is 2.22. The van der Waals surface area contributed by atoms with Crippen LogP contribution in [0, 0.1) is 17.2 Å². The lowest BCUT2D eigenvalue weighted by molar-refractivity contribution is -0.143. The molecule has 0 bridgehead atoms. The van der Waals surface area contributed by atoms with E-state index in [2.05, 4.69) is 20.9 Å². The summed E-state index contributed by atoms with van der Waals surface area (Å²) in [5.41, 5.74) is 1.05. The number of aliphatic imine (C=N–C) groups is 1. The third kappa shape index (κ3) is 4.78. The number of carbonyl (C=O) groups is 1. The van der Waals surface area contributed by atoms with Crippen molar-refractivity contribution >= 4 is 28.1 Å². The molecule has 2 atom stereocenters. The zero-order valence-electron chi connectivity index (χ0n) is 11.5. The largest absolute Gasteiger partial charge is 0.465 e. The van der Waals surface area contributed by atoms with Crippen molar-refractivity contribution in [3.05, 3.63) is 34.3 Å². The van der Waals surface area contributed by atoms with Crippen LogP contribution in [0.25, 0.3) is 0 Å². The molecule has 20 heavy (non-hydrogen) atoms. The Morgan fingerprint density at radius 3 is 2.60 bits per heavy atom. The second-order valence-electron chi connectivity index (χ2n) is 4.13. The van der Waals surface area contributed by atoms with Gasteiger partial charge in [-0.2, -0.15) is 5.26 Å². The Hall–Kier alpha value is -1.67. The summed E-state index contributed by atoms with van der Waals surface area (Å²) in [5.74, 6) is -1.50. The predicted octanol–water partition coefficient (Wildman–Crippen LogP) is 3.67. The highest BCUT2D eigenvalue weighted by molar-refractivity contribution is 9.10. The minimum atomic E-state index is -0.945. The van der Waals surface area contributed by atoms with Gasteiger partial charge in [-0.15, -0.1) is 0 Å². The molecule has 0 saturated heterocycles. The van der Waals surface area contributed by atoms with E-state index in [-0.39, 0.29) is 12.6 Å². The number of hydrogen-bond donors (Lipinski definition) is 0. The zero-order chi connectivity index (χ0) is 15.0. The molecule has 0 aromatic heterocycles. The second kappa shape index (κ2) is 8.49. The fourth-order valence-corrected chi connectivity index (χ4v) is 1.95. The van der Waals surface area contributed by atoms with Crippen molar-refractivity contribution in [2.75, 3.05) is 6.61 Å². The van der Waals surface area contributed by atoms with Gasteiger partial charge < -0.3 is 4.74 Å². The first-order valence-electron chi connectivity index (χ1n) is 6.47. The van der Waals surface area contributed by atoms with Crippen LogP contribution in [-0.2, 0) is 9.53 Å². The number of hydrogen-bond acceptors (Lipinski definition) is 4. The van der Waals surface area contributed by atoms with Gasteiger partial charge in [-0.05, 0) is 31.0 Å². The summed E-state index contributed by atoms with van der Waals surface area (Å²) in [4.78, 5) is 15.9. The monoisotopic (exact) mass is 336 g/mol. The molecule has 0 spiro atoms. The number of benzene rings is 1. The summed E-state index contributed by atoms with van der Waals surface area (Å²) in [5, 5.41) is 8.97. The van der Waals surface area contributed by atoms with E-state index >= 15 is 0 Å². The van der Waals surface area contributed by atoms with Crippen LogP contribution in [0.4, 0.5) is 0 Å². The van der Waals surface area contributed by atoms with Crippen molar-refractivity contribution in [2.24, 2.45) is 10.9 Å². The molecule has 4 nitrogen and oxygen atoms in total. The van der Waals surface area contributed by atoms with Crippen molar-refractivity contribution in [3.63, 3.8) is 0 Å². The van der Waals surface area contributed by atoms with Gasteiger partial charge in [0.25, 0.3) is 0 Å². The summed E-state index contributed by atoms with van der Waals surface area (Å²) < 4.78 is 5.82. The SMILES string of the molecule is CCOC(=O)C(C#N)C=N[C@H](CC)c1ccc(Br)cc1. The van der Waals surface area contributed by atoms with Crippen molar-refractivity contribution in [1.29, 1.82) is 5.26 Å². The normalized spacial score (nSPS) is 13.7. The fourth-order valence-electron chi connectivity index (χ4n) is 1.68. The maximum absolute atomic E-state index is 11.5. The summed E-state index contributed by atoms with van der Waals surface area (Å²) in [6, 6.07) is 9.67. The average molecular weight is 337 g/mol. The van der Waals surface area contributed by atoms with Crippen LogP contribution in [0.2, 0.25) is 0 Å². The molecule has 0 aliphatic heterocycles. The average Bonchev–Trinajstić information content (AvgIpc) is 2.45. The minimum absolute atomic E-state index is 0.0617. The number of nitriles is 1. The van der Waals surface area contributed by atoms with Crippen LogP contribution < -0.4 is 0 Å². The third-order valence-electron chi connectivity index (χ3n) is 2.74. The quantitative estimate of drug-likeness (QED) is 0.588. The smallest absolute Gasteiger partial charge is 0.328 e. The van der Waals surface area contributed by atoms with Crippen LogP contribution in [0.3, 0.4) is 0 Å². The molecule has 5 heteroatoms. The second-order valence-corrected chi connectivity index (χ2v) is 5.05. The van der Waals surface area contributed by atoms with Gasteiger partial charge >= 0.3 is 5.97 Å². The zero-order valence-corrected chi connectivity index (χ0v) is 13.1. The Morgan fingerprint density at radius 2 is 2.10 bits per heavy atom. The van der Waals surface area contributed by atoms with E-state index in [0.717, 1.165) is 16.5 Å². The molecule has 1 aromatic carbocycles. The molecule has 0 aliphatic carbocycles. The van der Waals surface area contributed by atoms with Crippen LogP contribution in [-0.4, -0.2) is 18.8 Å². The highest BCUT2D eigenvalue weighted by Gasteiger charge is 2.17. The van der Waals surface area contributed by atoms with E-state index in [1.54, 1.807) is 6.92 Å². The first kappa shape index (κ1) is 16.4. The van der Waals surface area contributed by atoms with Gasteiger partial charge in [-0.3, -0.25) is 9.79 Å². The summed E-state index contributed by atoms with van der Waals surface area (Å²) in [7, 11) is 0. The fraction of sp³-hybridized carbons (Fsp3) is 0.400. The first-order chi connectivity index (χ1) is 9.62. The Labute approximate surface area is 127 Å². The summed E-state index contributed by atoms with van der Waals surface area (Å²) >= 11 is 3.38. The van der Waals surface area contributed by atoms with Gasteiger partial charge in [-0.25, -0.2) is 0 Å². The van der Waals surface area contributed by atoms with E-state index in [4.69, 9.17) is 10.00 Å². The number of rotatable bonds is 6. The molecule has 0 N–H and O–H groups in total. The Morgan fingerprint density at radius 1 is 1.45 bits per heavy atom. The van der Waals surface area contributed by atoms with E-state index in [0.29, 0.717) is 0 Å². The third-order valence-corrected chi connectivity index (χ3v) is 3.26. The minimum Gasteiger partial charge on any atom is -0.465 e. The van der Waals surface area contributed by atoms with Gasteiger partial charge in [0.05, 0.1) is 18.7 Å². The lowest BCUT2D eigenvalue weighted by atomic mass is 10.1. The molecule has 0 fully saturated rings. The number of ether oxygens (including phenoxy) is 1. The molecule has 0 radical (unpaired) electrons. The molecule has 1 aromatic rings. The molecule has 0 aliphatic rings. The molecule has 1 unspecified atom stereocenters. The van der Waals surface area contributed by atoms with Crippen LogP contribution >= 0.6 is 15.9 Å². The van der Waals surface area contributed by atoms with Crippen molar-refractivity contribution in [3.8, 4) is 6.07 Å². The highest BCUT2D eigenvalue weighted by atomic mass is 79.9. The predicted molar refractivity (Wildman–Crippen MR) is 81.4 cm³/mol. The molecule has 1 rings (SSSR count). The number of nitrogens with zero attached hydrogens (tertiary/aromatic N) is 2. The van der Waals surface area contributed by atoms with Crippen LogP contribution in [0.15, 0.2) is 33.7 Å². The number of halogens is 1. The van der Waals surface area contributed by atoms with E-state index < -0.39 is 11.9 Å². The first-order valence-corrected chi connectivity index (χ1v) is 7.26. The van der Waals surface area contributed by atoms with Crippen molar-refractivity contribution < 1.29 is 9.53 Å². The maximum atomic E-state index is 11.5. The van der Waals surface area contributed by atoms with Gasteiger partial charge in [0.2, 0.25) is 0 Å². The Bertz CT molecular complexity index is 506. The number of esters is 1. The van der Waals surface area contributed by atoms with E-state index in [1.807, 2.05) is 37.3 Å². The van der Waals surface area contributed by atoms with Crippen LogP contribution in [0.5, 0.6) is 0 Å². The van der Waals surface area contributed by atoms with Crippen molar-refractivity contribution in [1.82, 2.24) is 0 Å².